The lowest BCUT2D eigenvalue weighted by molar-refractivity contribution is 0.0996. The molecule has 0 aliphatic rings. The second-order valence-electron chi connectivity index (χ2n) is 5.84. The fraction of sp³-hybridized carbons (Fsp3) is 0.143. The summed E-state index contributed by atoms with van der Waals surface area (Å²) in [6.45, 7) is 0.760. The highest BCUT2D eigenvalue weighted by Gasteiger charge is 2.17. The van der Waals surface area contributed by atoms with Crippen LogP contribution in [-0.2, 0) is 13.2 Å². The molecule has 3 aromatic rings. The van der Waals surface area contributed by atoms with Crippen LogP contribution < -0.4 is 20.5 Å². The molecule has 138 valence electrons. The largest absolute Gasteiger partial charge is 0.496 e. The second-order valence-corrected chi connectivity index (χ2v) is 5.84. The highest BCUT2D eigenvalue weighted by atomic mass is 16.5. The number of aromatic nitrogens is 1. The van der Waals surface area contributed by atoms with Gasteiger partial charge in [-0.25, -0.2) is 4.98 Å². The maximum atomic E-state index is 12.0. The van der Waals surface area contributed by atoms with Gasteiger partial charge in [0.25, 0.3) is 5.91 Å². The Labute approximate surface area is 158 Å². The number of anilines is 1. The number of ether oxygens (including phenoxy) is 2. The number of benzene rings is 2. The smallest absolute Gasteiger partial charge is 0.256 e. The number of methoxy groups -OCH3 is 1. The van der Waals surface area contributed by atoms with Crippen molar-refractivity contribution in [3.63, 3.8) is 0 Å². The Kier molecular flexibility index (Phi) is 5.89. The minimum Gasteiger partial charge on any atom is -0.496 e. The van der Waals surface area contributed by atoms with Gasteiger partial charge in [0.1, 0.15) is 29.5 Å². The van der Waals surface area contributed by atoms with E-state index in [1.807, 2.05) is 54.6 Å². The molecule has 1 heterocycles. The van der Waals surface area contributed by atoms with Gasteiger partial charge in [-0.3, -0.25) is 4.79 Å². The number of rotatable bonds is 8. The number of para-hydroxylation sites is 1. The van der Waals surface area contributed by atoms with Gasteiger partial charge in [-0.05, 0) is 17.7 Å². The first-order valence-corrected chi connectivity index (χ1v) is 8.50. The summed E-state index contributed by atoms with van der Waals surface area (Å²) < 4.78 is 11.2. The molecule has 0 saturated carbocycles. The lowest BCUT2D eigenvalue weighted by atomic mass is 10.1. The van der Waals surface area contributed by atoms with E-state index in [9.17, 15) is 4.79 Å². The fourth-order valence-electron chi connectivity index (χ4n) is 2.70. The van der Waals surface area contributed by atoms with Crippen molar-refractivity contribution in [2.45, 2.75) is 13.2 Å². The number of carbonyl (C=O) groups is 1. The molecule has 2 aromatic carbocycles. The molecule has 0 saturated heterocycles. The van der Waals surface area contributed by atoms with E-state index in [0.29, 0.717) is 24.7 Å². The summed E-state index contributed by atoms with van der Waals surface area (Å²) in [4.78, 5) is 16.3. The van der Waals surface area contributed by atoms with Gasteiger partial charge in [0, 0.05) is 18.3 Å². The summed E-state index contributed by atoms with van der Waals surface area (Å²) in [6.07, 6.45) is 1.58. The fourth-order valence-corrected chi connectivity index (χ4v) is 2.70. The van der Waals surface area contributed by atoms with E-state index in [0.717, 1.165) is 16.9 Å². The molecule has 27 heavy (non-hydrogen) atoms. The summed E-state index contributed by atoms with van der Waals surface area (Å²) in [5.74, 6) is 0.915. The van der Waals surface area contributed by atoms with E-state index in [2.05, 4.69) is 10.3 Å². The number of nitrogens with two attached hydrogens (primary N) is 1. The average molecular weight is 363 g/mol. The first-order chi connectivity index (χ1) is 13.2. The third-order valence-electron chi connectivity index (χ3n) is 4.04. The zero-order valence-electron chi connectivity index (χ0n) is 15.0. The molecule has 3 N–H and O–H groups in total. The third-order valence-corrected chi connectivity index (χ3v) is 4.04. The van der Waals surface area contributed by atoms with Crippen LogP contribution in [0.25, 0.3) is 0 Å². The zero-order valence-corrected chi connectivity index (χ0v) is 15.0. The van der Waals surface area contributed by atoms with Gasteiger partial charge in [-0.2, -0.15) is 0 Å². The van der Waals surface area contributed by atoms with Crippen LogP contribution in [0.5, 0.6) is 11.5 Å². The number of carbonyl (C=O) groups excluding carboxylic acids is 1. The Bertz CT molecular complexity index is 914. The van der Waals surface area contributed by atoms with Crippen LogP contribution in [0.2, 0.25) is 0 Å². The average Bonchev–Trinajstić information content (AvgIpc) is 2.71. The number of primary amides is 1. The van der Waals surface area contributed by atoms with Crippen LogP contribution in [0.3, 0.4) is 0 Å². The monoisotopic (exact) mass is 363 g/mol. The Hall–Kier alpha value is -3.54. The number of nitrogens with one attached hydrogen (secondary N) is 1. The van der Waals surface area contributed by atoms with E-state index in [-0.39, 0.29) is 5.56 Å². The van der Waals surface area contributed by atoms with E-state index < -0.39 is 5.91 Å². The molecular weight excluding hydrogens is 342 g/mol. The standard InChI is InChI=1S/C21H21N3O3/c1-26-17-10-6-5-9-16(17)13-24-21-19(20(22)25)18(11-12-23-21)27-14-15-7-3-2-4-8-15/h2-12H,13-14H2,1H3,(H2,22,25)(H,23,24). The highest BCUT2D eigenvalue weighted by molar-refractivity contribution is 6.00. The Morgan fingerprint density at radius 3 is 2.52 bits per heavy atom. The van der Waals surface area contributed by atoms with Gasteiger partial charge in [0.2, 0.25) is 0 Å². The third kappa shape index (κ3) is 4.55. The summed E-state index contributed by atoms with van der Waals surface area (Å²) >= 11 is 0. The normalized spacial score (nSPS) is 10.3. The van der Waals surface area contributed by atoms with E-state index in [4.69, 9.17) is 15.2 Å². The van der Waals surface area contributed by atoms with Crippen LogP contribution >= 0.6 is 0 Å². The Balaban J connectivity index is 1.79. The first kappa shape index (κ1) is 18.3. The summed E-state index contributed by atoms with van der Waals surface area (Å²) in [7, 11) is 1.62. The van der Waals surface area contributed by atoms with Gasteiger partial charge < -0.3 is 20.5 Å². The maximum Gasteiger partial charge on any atom is 0.256 e. The minimum absolute atomic E-state index is 0.225. The lowest BCUT2D eigenvalue weighted by Gasteiger charge is -2.15. The Morgan fingerprint density at radius 1 is 1.04 bits per heavy atom. The van der Waals surface area contributed by atoms with Crippen LogP contribution in [-0.4, -0.2) is 18.0 Å². The van der Waals surface area contributed by atoms with Crippen molar-refractivity contribution in [1.29, 1.82) is 0 Å². The van der Waals surface area contributed by atoms with Crippen LogP contribution in [0.4, 0.5) is 5.82 Å². The van der Waals surface area contributed by atoms with Crippen molar-refractivity contribution in [2.75, 3.05) is 12.4 Å². The molecule has 0 radical (unpaired) electrons. The molecule has 0 aliphatic heterocycles. The lowest BCUT2D eigenvalue weighted by Crippen LogP contribution is -2.17. The minimum atomic E-state index is -0.603. The van der Waals surface area contributed by atoms with Crippen LogP contribution in [0, 0.1) is 0 Å². The molecule has 0 atom stereocenters. The molecule has 0 fully saturated rings. The van der Waals surface area contributed by atoms with E-state index in [1.165, 1.54) is 0 Å². The van der Waals surface area contributed by atoms with Crippen molar-refractivity contribution >= 4 is 11.7 Å². The predicted molar refractivity (Wildman–Crippen MR) is 104 cm³/mol. The molecule has 3 rings (SSSR count). The van der Waals surface area contributed by atoms with Crippen LogP contribution in [0.15, 0.2) is 66.9 Å². The van der Waals surface area contributed by atoms with Gasteiger partial charge in [-0.15, -0.1) is 0 Å². The van der Waals surface area contributed by atoms with Crippen molar-refractivity contribution in [2.24, 2.45) is 5.73 Å². The topological polar surface area (TPSA) is 86.5 Å². The molecule has 0 spiro atoms. The highest BCUT2D eigenvalue weighted by Crippen LogP contribution is 2.26. The van der Waals surface area contributed by atoms with Crippen molar-refractivity contribution in [3.8, 4) is 11.5 Å². The number of hydrogen-bond donors (Lipinski definition) is 2. The SMILES string of the molecule is COc1ccccc1CNc1nccc(OCc2ccccc2)c1C(N)=O. The molecule has 0 aliphatic carbocycles. The number of pyridine rings is 1. The molecule has 1 aromatic heterocycles. The van der Waals surface area contributed by atoms with Gasteiger partial charge in [0.15, 0.2) is 0 Å². The predicted octanol–water partition coefficient (Wildman–Crippen LogP) is 3.38. The van der Waals surface area contributed by atoms with Crippen LogP contribution in [0.1, 0.15) is 21.5 Å². The molecule has 6 nitrogen and oxygen atoms in total. The number of hydrogen-bond acceptors (Lipinski definition) is 5. The number of amides is 1. The molecule has 1 amide bonds. The molecular formula is C21H21N3O3. The summed E-state index contributed by atoms with van der Waals surface area (Å²) in [5.41, 5.74) is 7.74. The molecule has 6 heteroatoms. The van der Waals surface area contributed by atoms with Crippen molar-refractivity contribution in [1.82, 2.24) is 4.98 Å². The van der Waals surface area contributed by atoms with Gasteiger partial charge in [0.05, 0.1) is 7.11 Å². The van der Waals surface area contributed by atoms with E-state index in [1.54, 1.807) is 19.4 Å². The van der Waals surface area contributed by atoms with Crippen molar-refractivity contribution < 1.29 is 14.3 Å². The molecule has 0 unspecified atom stereocenters. The molecule has 0 bridgehead atoms. The maximum absolute atomic E-state index is 12.0. The summed E-state index contributed by atoms with van der Waals surface area (Å²) in [6, 6.07) is 19.0. The zero-order chi connectivity index (χ0) is 19.1. The van der Waals surface area contributed by atoms with Gasteiger partial charge in [-0.1, -0.05) is 48.5 Å². The first-order valence-electron chi connectivity index (χ1n) is 8.50. The second kappa shape index (κ2) is 8.71. The summed E-state index contributed by atoms with van der Waals surface area (Å²) in [5, 5.41) is 3.15. The Morgan fingerprint density at radius 2 is 1.78 bits per heavy atom. The van der Waals surface area contributed by atoms with E-state index >= 15 is 0 Å². The quantitative estimate of drug-likeness (QED) is 0.641. The number of nitrogens with zero attached hydrogens (tertiary/aromatic N) is 1. The van der Waals surface area contributed by atoms with Gasteiger partial charge >= 0.3 is 0 Å². The van der Waals surface area contributed by atoms with Crippen molar-refractivity contribution in [3.05, 3.63) is 83.6 Å².